The van der Waals surface area contributed by atoms with Gasteiger partial charge in [-0.15, -0.1) is 0 Å². The summed E-state index contributed by atoms with van der Waals surface area (Å²) in [6, 6.07) is 16.8. The molecule has 0 amide bonds. The van der Waals surface area contributed by atoms with Crippen LogP contribution in [0, 0.1) is 6.92 Å². The maximum Gasteiger partial charge on any atom is 0.124 e. The van der Waals surface area contributed by atoms with Gasteiger partial charge >= 0.3 is 0 Å². The second kappa shape index (κ2) is 6.66. The lowest BCUT2D eigenvalue weighted by molar-refractivity contribution is 0.208. The first-order valence-corrected chi connectivity index (χ1v) is 7.86. The van der Waals surface area contributed by atoms with E-state index < -0.39 is 0 Å². The highest BCUT2D eigenvalue weighted by atomic mass is 16.5. The van der Waals surface area contributed by atoms with Crippen molar-refractivity contribution >= 4 is 5.69 Å². The smallest absolute Gasteiger partial charge is 0.124 e. The maximum absolute atomic E-state index is 6.18. The lowest BCUT2D eigenvalue weighted by Gasteiger charge is -2.17. The molecule has 0 bridgehead atoms. The average molecular weight is 281 g/mol. The highest BCUT2D eigenvalue weighted by molar-refractivity contribution is 5.47. The minimum Gasteiger partial charge on any atom is -0.490 e. The van der Waals surface area contributed by atoms with Crippen molar-refractivity contribution in [3.63, 3.8) is 0 Å². The second-order valence-electron chi connectivity index (χ2n) is 5.86. The Labute approximate surface area is 127 Å². The molecule has 2 nitrogen and oxygen atoms in total. The van der Waals surface area contributed by atoms with Crippen LogP contribution in [-0.2, 0) is 6.54 Å². The van der Waals surface area contributed by atoms with Crippen molar-refractivity contribution < 1.29 is 4.74 Å². The molecule has 0 aromatic heterocycles. The van der Waals surface area contributed by atoms with Crippen LogP contribution in [0.1, 0.15) is 36.8 Å². The number of hydrogen-bond donors (Lipinski definition) is 1. The Morgan fingerprint density at radius 2 is 1.86 bits per heavy atom. The molecule has 0 heterocycles. The van der Waals surface area contributed by atoms with Gasteiger partial charge < -0.3 is 10.1 Å². The van der Waals surface area contributed by atoms with E-state index in [9.17, 15) is 0 Å². The van der Waals surface area contributed by atoms with Crippen LogP contribution in [-0.4, -0.2) is 6.10 Å². The zero-order valence-corrected chi connectivity index (χ0v) is 12.6. The molecule has 21 heavy (non-hydrogen) atoms. The lowest BCUT2D eigenvalue weighted by atomic mass is 10.1. The van der Waals surface area contributed by atoms with Crippen molar-refractivity contribution in [1.29, 1.82) is 0 Å². The fraction of sp³-hybridized carbons (Fsp3) is 0.368. The van der Waals surface area contributed by atoms with Gasteiger partial charge in [-0.05, 0) is 56.4 Å². The zero-order chi connectivity index (χ0) is 14.5. The molecule has 1 fully saturated rings. The van der Waals surface area contributed by atoms with Gasteiger partial charge in [0.2, 0.25) is 0 Å². The van der Waals surface area contributed by atoms with Crippen LogP contribution in [0.3, 0.4) is 0 Å². The van der Waals surface area contributed by atoms with Gasteiger partial charge in [0.25, 0.3) is 0 Å². The first kappa shape index (κ1) is 14.0. The highest BCUT2D eigenvalue weighted by Gasteiger charge is 2.17. The van der Waals surface area contributed by atoms with E-state index in [1.807, 2.05) is 0 Å². The number of para-hydroxylation sites is 1. The van der Waals surface area contributed by atoms with Crippen molar-refractivity contribution in [2.24, 2.45) is 0 Å². The molecule has 1 N–H and O–H groups in total. The molecule has 3 rings (SSSR count). The molecule has 0 spiro atoms. The van der Waals surface area contributed by atoms with Crippen molar-refractivity contribution in [1.82, 2.24) is 0 Å². The molecule has 2 aromatic rings. The minimum absolute atomic E-state index is 0.408. The van der Waals surface area contributed by atoms with Gasteiger partial charge in [-0.25, -0.2) is 0 Å². The first-order valence-electron chi connectivity index (χ1n) is 7.86. The third-order valence-electron chi connectivity index (χ3n) is 4.07. The van der Waals surface area contributed by atoms with Gasteiger partial charge in [-0.2, -0.15) is 0 Å². The number of aryl methyl sites for hydroxylation is 1. The van der Waals surface area contributed by atoms with Crippen LogP contribution >= 0.6 is 0 Å². The SMILES string of the molecule is Cc1cccc(NCc2ccccc2OC2CCCC2)c1. The molecule has 2 aromatic carbocycles. The van der Waals surface area contributed by atoms with Crippen LogP contribution in [0.5, 0.6) is 5.75 Å². The number of nitrogens with one attached hydrogen (secondary N) is 1. The molecule has 0 unspecified atom stereocenters. The molecule has 2 heteroatoms. The standard InChI is InChI=1S/C19H23NO/c1-15-7-6-9-17(13-15)20-14-16-8-2-5-12-19(16)21-18-10-3-4-11-18/h2,5-9,12-13,18,20H,3-4,10-11,14H2,1H3. The summed E-state index contributed by atoms with van der Waals surface area (Å²) in [6.45, 7) is 2.91. The number of benzene rings is 2. The Kier molecular flexibility index (Phi) is 4.44. The van der Waals surface area contributed by atoms with Crippen LogP contribution in [0.15, 0.2) is 48.5 Å². The van der Waals surface area contributed by atoms with E-state index in [2.05, 4.69) is 60.8 Å². The monoisotopic (exact) mass is 281 g/mol. The quantitative estimate of drug-likeness (QED) is 0.839. The largest absolute Gasteiger partial charge is 0.490 e. The zero-order valence-electron chi connectivity index (χ0n) is 12.6. The van der Waals surface area contributed by atoms with Gasteiger partial charge in [-0.1, -0.05) is 30.3 Å². The number of anilines is 1. The first-order chi connectivity index (χ1) is 10.3. The van der Waals surface area contributed by atoms with Crippen molar-refractivity contribution in [3.8, 4) is 5.75 Å². The van der Waals surface area contributed by atoms with Gasteiger partial charge in [-0.3, -0.25) is 0 Å². The van der Waals surface area contributed by atoms with E-state index in [1.165, 1.54) is 36.8 Å². The minimum atomic E-state index is 0.408. The third-order valence-corrected chi connectivity index (χ3v) is 4.07. The molecule has 1 aliphatic carbocycles. The summed E-state index contributed by atoms with van der Waals surface area (Å²) in [6.07, 6.45) is 5.40. The number of ether oxygens (including phenoxy) is 1. The van der Waals surface area contributed by atoms with Gasteiger partial charge in [0.15, 0.2) is 0 Å². The summed E-state index contributed by atoms with van der Waals surface area (Å²) in [5.41, 5.74) is 3.66. The normalized spacial score (nSPS) is 15.1. The van der Waals surface area contributed by atoms with Crippen molar-refractivity contribution in [3.05, 3.63) is 59.7 Å². The molecular formula is C19H23NO. The van der Waals surface area contributed by atoms with Gasteiger partial charge in [0, 0.05) is 17.8 Å². The van der Waals surface area contributed by atoms with E-state index in [4.69, 9.17) is 4.74 Å². The highest BCUT2D eigenvalue weighted by Crippen LogP contribution is 2.27. The fourth-order valence-electron chi connectivity index (χ4n) is 2.90. The molecule has 0 aliphatic heterocycles. The Hall–Kier alpha value is -1.96. The number of rotatable bonds is 5. The Bertz CT molecular complexity index is 588. The van der Waals surface area contributed by atoms with E-state index in [-0.39, 0.29) is 0 Å². The predicted molar refractivity (Wildman–Crippen MR) is 87.8 cm³/mol. The van der Waals surface area contributed by atoms with Gasteiger partial charge in [0.05, 0.1) is 6.10 Å². The van der Waals surface area contributed by atoms with E-state index in [0.29, 0.717) is 6.10 Å². The summed E-state index contributed by atoms with van der Waals surface area (Å²) in [7, 11) is 0. The molecule has 110 valence electrons. The summed E-state index contributed by atoms with van der Waals surface area (Å²) in [4.78, 5) is 0. The number of hydrogen-bond acceptors (Lipinski definition) is 2. The van der Waals surface area contributed by atoms with Crippen molar-refractivity contribution in [2.45, 2.75) is 45.3 Å². The fourth-order valence-corrected chi connectivity index (χ4v) is 2.90. The molecule has 0 radical (unpaired) electrons. The van der Waals surface area contributed by atoms with E-state index in [0.717, 1.165) is 18.0 Å². The van der Waals surface area contributed by atoms with Crippen LogP contribution in [0.2, 0.25) is 0 Å². The summed E-state index contributed by atoms with van der Waals surface area (Å²) >= 11 is 0. The van der Waals surface area contributed by atoms with Crippen LogP contribution in [0.25, 0.3) is 0 Å². The Balaban J connectivity index is 1.67. The summed E-state index contributed by atoms with van der Waals surface area (Å²) < 4.78 is 6.18. The summed E-state index contributed by atoms with van der Waals surface area (Å²) in [5.74, 6) is 1.03. The van der Waals surface area contributed by atoms with Crippen LogP contribution in [0.4, 0.5) is 5.69 Å². The molecular weight excluding hydrogens is 258 g/mol. The topological polar surface area (TPSA) is 21.3 Å². The van der Waals surface area contributed by atoms with E-state index >= 15 is 0 Å². The third kappa shape index (κ3) is 3.78. The Morgan fingerprint density at radius 3 is 2.67 bits per heavy atom. The van der Waals surface area contributed by atoms with Crippen LogP contribution < -0.4 is 10.1 Å². The molecule has 1 saturated carbocycles. The molecule has 0 atom stereocenters. The predicted octanol–water partition coefficient (Wildman–Crippen LogP) is 4.93. The van der Waals surface area contributed by atoms with Gasteiger partial charge in [0.1, 0.15) is 5.75 Å². The summed E-state index contributed by atoms with van der Waals surface area (Å²) in [5, 5.41) is 3.49. The molecule has 0 saturated heterocycles. The lowest BCUT2D eigenvalue weighted by Crippen LogP contribution is -2.13. The van der Waals surface area contributed by atoms with E-state index in [1.54, 1.807) is 0 Å². The second-order valence-corrected chi connectivity index (χ2v) is 5.86. The van der Waals surface area contributed by atoms with Crippen molar-refractivity contribution in [2.75, 3.05) is 5.32 Å². The maximum atomic E-state index is 6.18. The molecule has 1 aliphatic rings. The average Bonchev–Trinajstić information content (AvgIpc) is 2.99. The Morgan fingerprint density at radius 1 is 1.05 bits per heavy atom.